The van der Waals surface area contributed by atoms with E-state index in [2.05, 4.69) is 6.58 Å². The lowest BCUT2D eigenvalue weighted by Gasteiger charge is -2.11. The lowest BCUT2D eigenvalue weighted by Crippen LogP contribution is -2.19. The van der Waals surface area contributed by atoms with Gasteiger partial charge < -0.3 is 14.6 Å². The number of rotatable bonds is 4. The van der Waals surface area contributed by atoms with Crippen LogP contribution in [0.3, 0.4) is 0 Å². The molecular weight excluding hydrogens is 168 g/mol. The average Bonchev–Trinajstić information content (AvgIpc) is 2.57. The van der Waals surface area contributed by atoms with Crippen LogP contribution < -0.4 is 0 Å². The number of aliphatic hydroxyl groups is 1. The standard InChI is InChI=1S/C10H16O3/c1-3-4-5-8-6-10(12-2)13-9(8)7-11/h3-5,8-11H,1,6-7H2,2H3/b5-4-/t8-,9+,10-/m1/s1. The molecule has 1 aliphatic heterocycles. The van der Waals surface area contributed by atoms with Crippen molar-refractivity contribution in [2.45, 2.75) is 18.8 Å². The molecule has 3 atom stereocenters. The summed E-state index contributed by atoms with van der Waals surface area (Å²) in [4.78, 5) is 0. The molecule has 3 heteroatoms. The van der Waals surface area contributed by atoms with Gasteiger partial charge in [0.1, 0.15) is 0 Å². The molecule has 0 aromatic heterocycles. The summed E-state index contributed by atoms with van der Waals surface area (Å²) in [6, 6.07) is 0. The Kier molecular flexibility index (Phi) is 4.15. The third-order valence-corrected chi connectivity index (χ3v) is 2.21. The van der Waals surface area contributed by atoms with Crippen LogP contribution in [0.25, 0.3) is 0 Å². The zero-order valence-electron chi connectivity index (χ0n) is 7.85. The summed E-state index contributed by atoms with van der Waals surface area (Å²) in [5, 5.41) is 9.01. The van der Waals surface area contributed by atoms with Crippen LogP contribution in [0.1, 0.15) is 6.42 Å². The van der Waals surface area contributed by atoms with Gasteiger partial charge in [0.15, 0.2) is 6.29 Å². The van der Waals surface area contributed by atoms with Crippen molar-refractivity contribution < 1.29 is 14.6 Å². The highest BCUT2D eigenvalue weighted by molar-refractivity contribution is 5.03. The molecule has 1 saturated heterocycles. The third-order valence-electron chi connectivity index (χ3n) is 2.21. The van der Waals surface area contributed by atoms with Gasteiger partial charge >= 0.3 is 0 Å². The molecule has 0 aromatic rings. The molecule has 0 unspecified atom stereocenters. The molecule has 1 aliphatic rings. The van der Waals surface area contributed by atoms with Gasteiger partial charge in [-0.05, 0) is 0 Å². The molecule has 3 nitrogen and oxygen atoms in total. The van der Waals surface area contributed by atoms with E-state index in [1.54, 1.807) is 13.2 Å². The third kappa shape index (κ3) is 2.66. The second-order valence-electron chi connectivity index (χ2n) is 3.04. The van der Waals surface area contributed by atoms with Gasteiger partial charge in [-0.15, -0.1) is 0 Å². The van der Waals surface area contributed by atoms with Gasteiger partial charge in [0, 0.05) is 19.4 Å². The van der Waals surface area contributed by atoms with Gasteiger partial charge in [0.05, 0.1) is 12.7 Å². The van der Waals surface area contributed by atoms with Crippen LogP contribution in [0.5, 0.6) is 0 Å². The normalized spacial score (nSPS) is 34.2. The fourth-order valence-electron chi connectivity index (χ4n) is 1.48. The zero-order valence-corrected chi connectivity index (χ0v) is 7.85. The quantitative estimate of drug-likeness (QED) is 0.665. The van der Waals surface area contributed by atoms with Crippen molar-refractivity contribution in [3.63, 3.8) is 0 Å². The van der Waals surface area contributed by atoms with E-state index in [1.807, 2.05) is 12.2 Å². The highest BCUT2D eigenvalue weighted by atomic mass is 16.7. The van der Waals surface area contributed by atoms with Gasteiger partial charge in [0.25, 0.3) is 0 Å². The number of methoxy groups -OCH3 is 1. The largest absolute Gasteiger partial charge is 0.394 e. The van der Waals surface area contributed by atoms with Crippen LogP contribution in [-0.4, -0.2) is 31.2 Å². The molecule has 0 amide bonds. The maximum atomic E-state index is 9.01. The van der Waals surface area contributed by atoms with E-state index in [1.165, 1.54) is 0 Å². The molecule has 1 fully saturated rings. The SMILES string of the molecule is C=C/C=C\[C@@H]1C[C@H](OC)O[C@H]1CO. The summed E-state index contributed by atoms with van der Waals surface area (Å²) in [6.07, 6.45) is 6.06. The van der Waals surface area contributed by atoms with Gasteiger partial charge in [-0.2, -0.15) is 0 Å². The second kappa shape index (κ2) is 5.17. The highest BCUT2D eigenvalue weighted by Crippen LogP contribution is 2.27. The lowest BCUT2D eigenvalue weighted by atomic mass is 10.0. The minimum atomic E-state index is -0.184. The topological polar surface area (TPSA) is 38.7 Å². The van der Waals surface area contributed by atoms with Gasteiger partial charge in [-0.3, -0.25) is 0 Å². The summed E-state index contributed by atoms with van der Waals surface area (Å²) in [7, 11) is 1.61. The summed E-state index contributed by atoms with van der Waals surface area (Å²) in [5.41, 5.74) is 0. The maximum Gasteiger partial charge on any atom is 0.158 e. The average molecular weight is 184 g/mol. The van der Waals surface area contributed by atoms with E-state index in [9.17, 15) is 0 Å². The zero-order chi connectivity index (χ0) is 9.68. The smallest absolute Gasteiger partial charge is 0.158 e. The molecule has 13 heavy (non-hydrogen) atoms. The molecule has 0 bridgehead atoms. The molecule has 74 valence electrons. The second-order valence-corrected chi connectivity index (χ2v) is 3.04. The molecule has 0 spiro atoms. The van der Waals surface area contributed by atoms with Gasteiger partial charge in [0.2, 0.25) is 0 Å². The fourth-order valence-corrected chi connectivity index (χ4v) is 1.48. The number of hydrogen-bond donors (Lipinski definition) is 1. The first kappa shape index (κ1) is 10.4. The van der Waals surface area contributed by atoms with E-state index in [0.717, 1.165) is 6.42 Å². The number of hydrogen-bond acceptors (Lipinski definition) is 3. The molecule has 0 aliphatic carbocycles. The monoisotopic (exact) mass is 184 g/mol. The van der Waals surface area contributed by atoms with E-state index in [-0.39, 0.29) is 24.9 Å². The van der Waals surface area contributed by atoms with Crippen LogP contribution in [0.15, 0.2) is 24.8 Å². The number of aliphatic hydroxyl groups excluding tert-OH is 1. The van der Waals surface area contributed by atoms with Crippen LogP contribution in [0.2, 0.25) is 0 Å². The summed E-state index contributed by atoms with van der Waals surface area (Å²) in [6.45, 7) is 3.62. The van der Waals surface area contributed by atoms with E-state index in [4.69, 9.17) is 14.6 Å². The molecule has 1 N–H and O–H groups in total. The highest BCUT2D eigenvalue weighted by Gasteiger charge is 2.32. The fraction of sp³-hybridized carbons (Fsp3) is 0.600. The van der Waals surface area contributed by atoms with Crippen molar-refractivity contribution >= 4 is 0 Å². The minimum Gasteiger partial charge on any atom is -0.394 e. The van der Waals surface area contributed by atoms with Gasteiger partial charge in [-0.25, -0.2) is 0 Å². The van der Waals surface area contributed by atoms with Crippen LogP contribution >= 0.6 is 0 Å². The Balaban J connectivity index is 2.52. The van der Waals surface area contributed by atoms with Crippen LogP contribution in [0, 0.1) is 5.92 Å². The molecular formula is C10H16O3. The summed E-state index contributed by atoms with van der Waals surface area (Å²) in [5.74, 6) is 0.230. The summed E-state index contributed by atoms with van der Waals surface area (Å²) >= 11 is 0. The maximum absolute atomic E-state index is 9.01. The Morgan fingerprint density at radius 3 is 3.00 bits per heavy atom. The van der Waals surface area contributed by atoms with E-state index >= 15 is 0 Å². The first-order chi connectivity index (χ1) is 6.31. The predicted molar refractivity (Wildman–Crippen MR) is 50.2 cm³/mol. The molecule has 0 radical (unpaired) electrons. The Morgan fingerprint density at radius 1 is 1.69 bits per heavy atom. The van der Waals surface area contributed by atoms with Crippen molar-refractivity contribution in [2.24, 2.45) is 5.92 Å². The Hall–Kier alpha value is -0.640. The van der Waals surface area contributed by atoms with Crippen molar-refractivity contribution in [3.8, 4) is 0 Å². The first-order valence-corrected chi connectivity index (χ1v) is 4.40. The molecule has 1 heterocycles. The number of allylic oxidation sites excluding steroid dienone is 2. The van der Waals surface area contributed by atoms with Crippen molar-refractivity contribution in [1.82, 2.24) is 0 Å². The van der Waals surface area contributed by atoms with E-state index < -0.39 is 0 Å². The van der Waals surface area contributed by atoms with Crippen molar-refractivity contribution in [2.75, 3.05) is 13.7 Å². The van der Waals surface area contributed by atoms with Crippen molar-refractivity contribution in [3.05, 3.63) is 24.8 Å². The first-order valence-electron chi connectivity index (χ1n) is 4.40. The molecule has 1 rings (SSSR count). The van der Waals surface area contributed by atoms with Crippen LogP contribution in [-0.2, 0) is 9.47 Å². The van der Waals surface area contributed by atoms with Gasteiger partial charge in [-0.1, -0.05) is 24.8 Å². The van der Waals surface area contributed by atoms with Crippen molar-refractivity contribution in [1.29, 1.82) is 0 Å². The number of ether oxygens (including phenoxy) is 2. The molecule has 0 saturated carbocycles. The Morgan fingerprint density at radius 2 is 2.46 bits per heavy atom. The Bertz CT molecular complexity index is 189. The lowest BCUT2D eigenvalue weighted by molar-refractivity contribution is -0.124. The summed E-state index contributed by atoms with van der Waals surface area (Å²) < 4.78 is 10.5. The van der Waals surface area contributed by atoms with Crippen LogP contribution in [0.4, 0.5) is 0 Å². The van der Waals surface area contributed by atoms with E-state index in [0.29, 0.717) is 0 Å². The molecule has 0 aromatic carbocycles. The minimum absolute atomic E-state index is 0.0337. The Labute approximate surface area is 78.7 Å². The predicted octanol–water partition coefficient (Wildman–Crippen LogP) is 1.10.